The predicted octanol–water partition coefficient (Wildman–Crippen LogP) is 17.4. The molecule has 0 fully saturated rings. The van der Waals surface area contributed by atoms with E-state index in [4.69, 9.17) is 0 Å². The molecule has 3 nitrogen and oxygen atoms in total. The van der Waals surface area contributed by atoms with Crippen molar-refractivity contribution in [3.05, 3.63) is 260 Å². The molecule has 0 bridgehead atoms. The molecule has 0 aliphatic heterocycles. The summed E-state index contributed by atoms with van der Waals surface area (Å²) in [5.74, 6) is 0. The highest BCUT2D eigenvalue weighted by molar-refractivity contribution is 6.18. The Kier molecular flexibility index (Phi) is 9.50. The maximum atomic E-state index is 2.44. The minimum atomic E-state index is -0.107. The molecule has 11 aromatic rings. The molecule has 0 spiro atoms. The number of hydrogen-bond acceptors (Lipinski definition) is 2. The van der Waals surface area contributed by atoms with Crippen LogP contribution in [0.2, 0.25) is 0 Å². The normalized spacial score (nSPS) is 12.5. The van der Waals surface area contributed by atoms with E-state index in [2.05, 4.69) is 277 Å². The van der Waals surface area contributed by atoms with Crippen molar-refractivity contribution in [2.45, 2.75) is 19.3 Å². The zero-order valence-electron chi connectivity index (χ0n) is 37.0. The number of benzene rings is 10. The van der Waals surface area contributed by atoms with E-state index in [1.165, 1.54) is 44.2 Å². The summed E-state index contributed by atoms with van der Waals surface area (Å²) in [6.07, 6.45) is 0. The number of aromatic nitrogens is 1. The zero-order valence-corrected chi connectivity index (χ0v) is 37.0. The van der Waals surface area contributed by atoms with Gasteiger partial charge in [-0.15, -0.1) is 0 Å². The molecule has 0 atom stereocenters. The summed E-state index contributed by atoms with van der Waals surface area (Å²) in [4.78, 5) is 4.81. The van der Waals surface area contributed by atoms with Crippen molar-refractivity contribution in [1.29, 1.82) is 0 Å². The highest BCUT2D eigenvalue weighted by Gasteiger charge is 2.35. The van der Waals surface area contributed by atoms with Gasteiger partial charge in [0, 0.05) is 50.3 Å². The summed E-state index contributed by atoms with van der Waals surface area (Å²) >= 11 is 0. The largest absolute Gasteiger partial charge is 0.310 e. The van der Waals surface area contributed by atoms with Crippen LogP contribution in [-0.2, 0) is 5.41 Å². The van der Waals surface area contributed by atoms with Crippen LogP contribution < -0.4 is 9.80 Å². The molecule has 0 unspecified atom stereocenters. The average molecular weight is 846 g/mol. The Morgan fingerprint density at radius 1 is 0.333 bits per heavy atom. The van der Waals surface area contributed by atoms with Crippen molar-refractivity contribution in [2.75, 3.05) is 9.80 Å². The quantitative estimate of drug-likeness (QED) is 0.143. The molecule has 0 amide bonds. The third kappa shape index (κ3) is 6.59. The Hall–Kier alpha value is -8.40. The first-order valence-electron chi connectivity index (χ1n) is 22.8. The van der Waals surface area contributed by atoms with Crippen molar-refractivity contribution >= 4 is 55.9 Å². The fourth-order valence-corrected chi connectivity index (χ4v) is 10.4. The summed E-state index contributed by atoms with van der Waals surface area (Å²) < 4.78 is 2.44. The predicted molar refractivity (Wildman–Crippen MR) is 279 cm³/mol. The van der Waals surface area contributed by atoms with Crippen LogP contribution in [0.3, 0.4) is 0 Å². The van der Waals surface area contributed by atoms with E-state index in [1.807, 2.05) is 0 Å². The maximum absolute atomic E-state index is 2.44. The van der Waals surface area contributed by atoms with Crippen molar-refractivity contribution in [1.82, 2.24) is 4.57 Å². The lowest BCUT2D eigenvalue weighted by Gasteiger charge is -2.28. The van der Waals surface area contributed by atoms with Crippen molar-refractivity contribution in [3.63, 3.8) is 0 Å². The molecule has 1 aliphatic carbocycles. The summed E-state index contributed by atoms with van der Waals surface area (Å²) in [5, 5.41) is 2.40. The molecule has 0 N–H and O–H groups in total. The molecule has 1 heterocycles. The summed E-state index contributed by atoms with van der Waals surface area (Å²) in [6, 6.07) is 90.5. The monoisotopic (exact) mass is 845 g/mol. The molecule has 10 aromatic carbocycles. The van der Waals surface area contributed by atoms with Crippen molar-refractivity contribution < 1.29 is 0 Å². The first kappa shape index (κ1) is 39.2. The lowest BCUT2D eigenvalue weighted by atomic mass is 9.82. The van der Waals surface area contributed by atoms with Crippen molar-refractivity contribution in [2.24, 2.45) is 0 Å². The van der Waals surface area contributed by atoms with Crippen LogP contribution in [-0.4, -0.2) is 4.57 Å². The summed E-state index contributed by atoms with van der Waals surface area (Å²) in [6.45, 7) is 4.70. The molecule has 3 heteroatoms. The van der Waals surface area contributed by atoms with E-state index >= 15 is 0 Å². The van der Waals surface area contributed by atoms with Gasteiger partial charge in [0.2, 0.25) is 0 Å². The molecule has 12 rings (SSSR count). The fourth-order valence-electron chi connectivity index (χ4n) is 10.4. The maximum Gasteiger partial charge on any atom is 0.0568 e. The third-order valence-corrected chi connectivity index (χ3v) is 13.6. The fraction of sp³-hybridized carbons (Fsp3) is 0.0476. The van der Waals surface area contributed by atoms with Crippen LogP contribution in [0.25, 0.3) is 60.9 Å². The van der Waals surface area contributed by atoms with E-state index < -0.39 is 0 Å². The number of rotatable bonds is 9. The van der Waals surface area contributed by atoms with Gasteiger partial charge in [-0.05, 0) is 136 Å². The lowest BCUT2D eigenvalue weighted by Crippen LogP contribution is -2.16. The Balaban J connectivity index is 1.05. The van der Waals surface area contributed by atoms with E-state index in [9.17, 15) is 0 Å². The van der Waals surface area contributed by atoms with Gasteiger partial charge in [0.25, 0.3) is 0 Å². The summed E-state index contributed by atoms with van der Waals surface area (Å²) in [7, 11) is 0. The number of nitrogens with zero attached hydrogens (tertiary/aromatic N) is 3. The number of anilines is 6. The molecule has 1 aromatic heterocycles. The standard InChI is InChI=1S/C63H47N3/c1-63(2)57-29-17-15-27-54(57)55-40-39-53(43-58(55)63)64(48-21-9-4-10-22-48)51-35-33-46(34-36-51)47-41-60(65(49-23-11-5-12-24-49)50-25-13-6-14-26-50)62-56-28-16-18-30-59(56)66(61(62)42-47)52-37-31-45(32-38-52)44-19-7-3-8-20-44/h3-43H,1-2H3. The Bertz CT molecular complexity index is 3480. The van der Waals surface area contributed by atoms with Crippen LogP contribution in [0, 0.1) is 0 Å². The molecular formula is C63H47N3. The minimum Gasteiger partial charge on any atom is -0.310 e. The van der Waals surface area contributed by atoms with Gasteiger partial charge in [-0.2, -0.15) is 0 Å². The molecule has 1 aliphatic rings. The van der Waals surface area contributed by atoms with Crippen LogP contribution in [0.15, 0.2) is 249 Å². The van der Waals surface area contributed by atoms with E-state index in [0.29, 0.717) is 0 Å². The van der Waals surface area contributed by atoms with E-state index in [-0.39, 0.29) is 5.41 Å². The average Bonchev–Trinajstić information content (AvgIpc) is 3.83. The number of hydrogen-bond donors (Lipinski definition) is 0. The molecule has 0 saturated heterocycles. The van der Waals surface area contributed by atoms with Gasteiger partial charge < -0.3 is 14.4 Å². The number of para-hydroxylation sites is 4. The first-order valence-corrected chi connectivity index (χ1v) is 22.8. The van der Waals surface area contributed by atoms with Gasteiger partial charge in [0.05, 0.1) is 16.7 Å². The van der Waals surface area contributed by atoms with E-state index in [0.717, 1.165) is 62.0 Å². The van der Waals surface area contributed by atoms with Crippen LogP contribution >= 0.6 is 0 Å². The topological polar surface area (TPSA) is 11.4 Å². The molecule has 66 heavy (non-hydrogen) atoms. The second kappa shape index (κ2) is 16.0. The van der Waals surface area contributed by atoms with Gasteiger partial charge in [0.15, 0.2) is 0 Å². The second-order valence-electron chi connectivity index (χ2n) is 17.8. The highest BCUT2D eigenvalue weighted by Crippen LogP contribution is 2.51. The van der Waals surface area contributed by atoms with E-state index in [1.54, 1.807) is 0 Å². The Labute approximate surface area is 386 Å². The third-order valence-electron chi connectivity index (χ3n) is 13.6. The molecule has 0 saturated carbocycles. The smallest absolute Gasteiger partial charge is 0.0568 e. The lowest BCUT2D eigenvalue weighted by molar-refractivity contribution is 0.660. The van der Waals surface area contributed by atoms with Crippen LogP contribution in [0.5, 0.6) is 0 Å². The van der Waals surface area contributed by atoms with Gasteiger partial charge in [-0.3, -0.25) is 0 Å². The van der Waals surface area contributed by atoms with Gasteiger partial charge in [-0.1, -0.05) is 172 Å². The molecule has 314 valence electrons. The van der Waals surface area contributed by atoms with Gasteiger partial charge in [0.1, 0.15) is 0 Å². The van der Waals surface area contributed by atoms with Crippen LogP contribution in [0.4, 0.5) is 34.1 Å². The second-order valence-corrected chi connectivity index (χ2v) is 17.8. The molecular weight excluding hydrogens is 799 g/mol. The van der Waals surface area contributed by atoms with Gasteiger partial charge >= 0.3 is 0 Å². The minimum absolute atomic E-state index is 0.107. The highest BCUT2D eigenvalue weighted by atomic mass is 15.2. The van der Waals surface area contributed by atoms with Crippen LogP contribution in [0.1, 0.15) is 25.0 Å². The first-order chi connectivity index (χ1) is 32.5. The SMILES string of the molecule is CC1(C)c2ccccc2-c2ccc(N(c3ccccc3)c3ccc(-c4cc(N(c5ccccc5)c5ccccc5)c5c6ccccc6n(-c6ccc(-c7ccccc7)cc6)c5c4)cc3)cc21. The Morgan fingerprint density at radius 2 is 0.818 bits per heavy atom. The molecule has 0 radical (unpaired) electrons. The van der Waals surface area contributed by atoms with Gasteiger partial charge in [-0.25, -0.2) is 0 Å². The Morgan fingerprint density at radius 3 is 1.48 bits per heavy atom. The number of fused-ring (bicyclic) bond motifs is 6. The van der Waals surface area contributed by atoms with Crippen molar-refractivity contribution in [3.8, 4) is 39.1 Å². The zero-order chi connectivity index (χ0) is 44.2. The summed E-state index contributed by atoms with van der Waals surface area (Å²) in [5.41, 5.74) is 20.0.